The molecule has 30 heavy (non-hydrogen) atoms. The number of rotatable bonds is 3. The Labute approximate surface area is 178 Å². The summed E-state index contributed by atoms with van der Waals surface area (Å²) in [5, 5.41) is 8.12. The molecule has 0 bridgehead atoms. The van der Waals surface area contributed by atoms with E-state index in [1.54, 1.807) is 0 Å². The summed E-state index contributed by atoms with van der Waals surface area (Å²) in [5.74, 6) is 1.40. The van der Waals surface area contributed by atoms with Crippen molar-refractivity contribution >= 4 is 39.3 Å². The van der Waals surface area contributed by atoms with Crippen molar-refractivity contribution < 1.29 is 4.42 Å². The molecule has 5 rings (SSSR count). The largest absolute Gasteiger partial charge is 0.456 e. The molecular weight excluding hydrogens is 394 g/mol. The first-order chi connectivity index (χ1) is 14.7. The smallest absolute Gasteiger partial charge is 0.146 e. The van der Waals surface area contributed by atoms with Crippen LogP contribution >= 0.6 is 11.6 Å². The number of aromatic nitrogens is 1. The molecule has 2 heterocycles. The fourth-order valence-corrected chi connectivity index (χ4v) is 3.50. The average Bonchev–Trinajstić information content (AvgIpc) is 2.77. The second-order valence-electron chi connectivity index (χ2n) is 7.12. The molecule has 146 valence electrons. The minimum Gasteiger partial charge on any atom is -0.456 e. The zero-order valence-corrected chi connectivity index (χ0v) is 17.0. The van der Waals surface area contributed by atoms with E-state index in [0.29, 0.717) is 10.8 Å². The van der Waals surface area contributed by atoms with E-state index in [2.05, 4.69) is 15.5 Å². The molecule has 0 fully saturated rings. The molecule has 0 saturated heterocycles. The van der Waals surface area contributed by atoms with Crippen molar-refractivity contribution in [3.63, 3.8) is 0 Å². The SMILES string of the molecule is Cc1ccc2/c(=N/Nc3ccc4ccccc4n3)cc(-c3ccc(Cl)cc3)oc2c1. The Morgan fingerprint density at radius 1 is 0.900 bits per heavy atom. The van der Waals surface area contributed by atoms with E-state index in [4.69, 9.17) is 16.0 Å². The van der Waals surface area contributed by atoms with E-state index in [1.165, 1.54) is 0 Å². The topological polar surface area (TPSA) is 50.4 Å². The standard InChI is InChI=1S/C25H18ClN3O/c1-16-6-12-20-22(28-29-25-13-9-17-4-2-3-5-21(17)27-25)15-23(30-24(20)14-16)18-7-10-19(26)11-8-18/h2-15H,1H3,(H,27,29)/b28-22+. The second-order valence-corrected chi connectivity index (χ2v) is 7.55. The van der Waals surface area contributed by atoms with Crippen molar-refractivity contribution in [3.8, 4) is 11.3 Å². The number of nitrogens with zero attached hydrogens (tertiary/aromatic N) is 2. The normalized spacial score (nSPS) is 11.9. The molecule has 0 radical (unpaired) electrons. The van der Waals surface area contributed by atoms with Crippen LogP contribution in [-0.4, -0.2) is 4.98 Å². The summed E-state index contributed by atoms with van der Waals surface area (Å²) in [5.41, 5.74) is 6.84. The molecule has 0 aliphatic heterocycles. The van der Waals surface area contributed by atoms with Gasteiger partial charge in [-0.1, -0.05) is 35.9 Å². The Morgan fingerprint density at radius 3 is 2.60 bits per heavy atom. The lowest BCUT2D eigenvalue weighted by atomic mass is 10.1. The Hall–Kier alpha value is -3.63. The fraction of sp³-hybridized carbons (Fsp3) is 0.0400. The first kappa shape index (κ1) is 18.4. The molecule has 4 nitrogen and oxygen atoms in total. The molecule has 3 aromatic carbocycles. The van der Waals surface area contributed by atoms with Gasteiger partial charge in [0.15, 0.2) is 0 Å². The number of fused-ring (bicyclic) bond motifs is 2. The molecule has 0 aliphatic rings. The Bertz CT molecular complexity index is 1440. The highest BCUT2D eigenvalue weighted by Crippen LogP contribution is 2.24. The Morgan fingerprint density at radius 2 is 1.73 bits per heavy atom. The highest BCUT2D eigenvalue weighted by Gasteiger charge is 2.07. The van der Waals surface area contributed by atoms with Gasteiger partial charge in [0.05, 0.1) is 10.9 Å². The molecule has 5 aromatic rings. The van der Waals surface area contributed by atoms with Crippen LogP contribution in [0.5, 0.6) is 0 Å². The highest BCUT2D eigenvalue weighted by molar-refractivity contribution is 6.30. The van der Waals surface area contributed by atoms with Crippen LogP contribution in [-0.2, 0) is 0 Å². The van der Waals surface area contributed by atoms with E-state index < -0.39 is 0 Å². The maximum absolute atomic E-state index is 6.17. The van der Waals surface area contributed by atoms with Crippen LogP contribution in [0.15, 0.2) is 94.4 Å². The van der Waals surface area contributed by atoms with Gasteiger partial charge in [0.1, 0.15) is 17.2 Å². The van der Waals surface area contributed by atoms with Crippen LogP contribution in [0.4, 0.5) is 5.82 Å². The molecular formula is C25H18ClN3O. The fourth-order valence-electron chi connectivity index (χ4n) is 3.37. The zero-order chi connectivity index (χ0) is 20.5. The van der Waals surface area contributed by atoms with E-state index in [-0.39, 0.29) is 0 Å². The minimum absolute atomic E-state index is 0.683. The van der Waals surface area contributed by atoms with Gasteiger partial charge in [-0.05, 0) is 67.1 Å². The number of anilines is 1. The van der Waals surface area contributed by atoms with Gasteiger partial charge in [-0.2, -0.15) is 5.10 Å². The molecule has 0 aliphatic carbocycles. The minimum atomic E-state index is 0.683. The van der Waals surface area contributed by atoms with Gasteiger partial charge in [-0.15, -0.1) is 0 Å². The van der Waals surface area contributed by atoms with Crippen molar-refractivity contribution in [1.82, 2.24) is 4.98 Å². The summed E-state index contributed by atoms with van der Waals surface area (Å²) < 4.78 is 6.17. The maximum atomic E-state index is 6.17. The maximum Gasteiger partial charge on any atom is 0.146 e. The van der Waals surface area contributed by atoms with Crippen LogP contribution in [0.3, 0.4) is 0 Å². The lowest BCUT2D eigenvalue weighted by molar-refractivity contribution is 0.618. The molecule has 1 N–H and O–H groups in total. The summed E-state index contributed by atoms with van der Waals surface area (Å²) in [6, 6.07) is 27.5. The average molecular weight is 412 g/mol. The second kappa shape index (κ2) is 7.65. The van der Waals surface area contributed by atoms with E-state index in [1.807, 2.05) is 91.9 Å². The van der Waals surface area contributed by atoms with Crippen LogP contribution in [0.2, 0.25) is 5.02 Å². The molecule has 0 amide bonds. The number of hydrogen-bond donors (Lipinski definition) is 1. The van der Waals surface area contributed by atoms with E-state index in [0.717, 1.165) is 44.1 Å². The van der Waals surface area contributed by atoms with E-state index >= 15 is 0 Å². The first-order valence-corrected chi connectivity index (χ1v) is 9.99. The summed E-state index contributed by atoms with van der Waals surface area (Å²) in [6.07, 6.45) is 0. The predicted molar refractivity (Wildman–Crippen MR) is 122 cm³/mol. The van der Waals surface area contributed by atoms with Crippen LogP contribution in [0.25, 0.3) is 33.2 Å². The number of aryl methyl sites for hydroxylation is 1. The number of hydrogen-bond acceptors (Lipinski definition) is 4. The van der Waals surface area contributed by atoms with Gasteiger partial charge in [-0.3, -0.25) is 5.43 Å². The Kier molecular flexibility index (Phi) is 4.69. The van der Waals surface area contributed by atoms with Gasteiger partial charge < -0.3 is 4.42 Å². The number of benzene rings is 3. The third kappa shape index (κ3) is 3.65. The quantitative estimate of drug-likeness (QED) is 0.343. The van der Waals surface area contributed by atoms with E-state index in [9.17, 15) is 0 Å². The highest BCUT2D eigenvalue weighted by atomic mass is 35.5. The molecule has 0 spiro atoms. The van der Waals surface area contributed by atoms with Crippen molar-refractivity contribution in [2.75, 3.05) is 5.43 Å². The summed E-state index contributed by atoms with van der Waals surface area (Å²) >= 11 is 6.04. The van der Waals surface area contributed by atoms with Crippen LogP contribution in [0.1, 0.15) is 5.56 Å². The van der Waals surface area contributed by atoms with Crippen LogP contribution in [0, 0.1) is 6.92 Å². The molecule has 0 saturated carbocycles. The monoisotopic (exact) mass is 411 g/mol. The third-order valence-electron chi connectivity index (χ3n) is 4.92. The lowest BCUT2D eigenvalue weighted by Crippen LogP contribution is -2.08. The molecule has 5 heteroatoms. The number of nitrogens with one attached hydrogen (secondary N) is 1. The van der Waals surface area contributed by atoms with Crippen LogP contribution < -0.4 is 10.8 Å². The molecule has 0 unspecified atom stereocenters. The third-order valence-corrected chi connectivity index (χ3v) is 5.17. The molecule has 0 atom stereocenters. The zero-order valence-electron chi connectivity index (χ0n) is 16.3. The van der Waals surface area contributed by atoms with Gasteiger partial charge in [0.25, 0.3) is 0 Å². The predicted octanol–water partition coefficient (Wildman–Crippen LogP) is 6.54. The number of pyridine rings is 1. The Balaban J connectivity index is 1.63. The van der Waals surface area contributed by atoms with Gasteiger partial charge in [0.2, 0.25) is 0 Å². The summed E-state index contributed by atoms with van der Waals surface area (Å²) in [6.45, 7) is 2.04. The lowest BCUT2D eigenvalue weighted by Gasteiger charge is -2.07. The first-order valence-electron chi connectivity index (χ1n) is 9.62. The van der Waals surface area contributed by atoms with Crippen molar-refractivity contribution in [3.05, 3.63) is 101 Å². The summed E-state index contributed by atoms with van der Waals surface area (Å²) in [7, 11) is 0. The van der Waals surface area contributed by atoms with Crippen molar-refractivity contribution in [1.29, 1.82) is 0 Å². The number of para-hydroxylation sites is 1. The summed E-state index contributed by atoms with van der Waals surface area (Å²) in [4.78, 5) is 4.63. The van der Waals surface area contributed by atoms with Crippen molar-refractivity contribution in [2.24, 2.45) is 5.10 Å². The number of halogens is 1. The van der Waals surface area contributed by atoms with Gasteiger partial charge in [0, 0.05) is 27.4 Å². The molecule has 2 aromatic heterocycles. The van der Waals surface area contributed by atoms with Crippen molar-refractivity contribution in [2.45, 2.75) is 6.92 Å². The van der Waals surface area contributed by atoms with Gasteiger partial charge >= 0.3 is 0 Å². The van der Waals surface area contributed by atoms with Gasteiger partial charge in [-0.25, -0.2) is 4.98 Å².